The fourth-order valence-electron chi connectivity index (χ4n) is 4.04. The first-order valence-corrected chi connectivity index (χ1v) is 10.6. The van der Waals surface area contributed by atoms with E-state index in [9.17, 15) is 28.7 Å². The number of amides is 4. The van der Waals surface area contributed by atoms with Gasteiger partial charge in [0.25, 0.3) is 0 Å². The SMILES string of the molecule is C#CCOCCN1C[C@H]2N(C(=O)CN(C)N2C(=O)NCc2ccc(F)cc2)C(CC(=O)O)C1=O. The summed E-state index contributed by atoms with van der Waals surface area (Å²) < 4.78 is 18.4. The van der Waals surface area contributed by atoms with Gasteiger partial charge in [0, 0.05) is 20.1 Å². The molecular formula is C22H26FN5O6. The summed E-state index contributed by atoms with van der Waals surface area (Å²) in [5.41, 5.74) is 0.664. The Morgan fingerprint density at radius 2 is 2.00 bits per heavy atom. The fraction of sp³-hybridized carbons (Fsp3) is 0.455. The van der Waals surface area contributed by atoms with E-state index in [1.165, 1.54) is 44.1 Å². The molecule has 0 aliphatic carbocycles. The Hall–Kier alpha value is -3.69. The van der Waals surface area contributed by atoms with Crippen LogP contribution in [0.15, 0.2) is 24.3 Å². The molecular weight excluding hydrogens is 449 g/mol. The van der Waals surface area contributed by atoms with Gasteiger partial charge in [0.2, 0.25) is 11.8 Å². The third kappa shape index (κ3) is 5.62. The van der Waals surface area contributed by atoms with E-state index in [2.05, 4.69) is 11.2 Å². The summed E-state index contributed by atoms with van der Waals surface area (Å²) in [7, 11) is 1.55. The van der Waals surface area contributed by atoms with Gasteiger partial charge >= 0.3 is 12.0 Å². The van der Waals surface area contributed by atoms with Crippen molar-refractivity contribution in [2.45, 2.75) is 25.2 Å². The Morgan fingerprint density at radius 1 is 1.29 bits per heavy atom. The van der Waals surface area contributed by atoms with Gasteiger partial charge in [-0.2, -0.15) is 0 Å². The first kappa shape index (κ1) is 24.9. The van der Waals surface area contributed by atoms with Crippen molar-refractivity contribution in [3.05, 3.63) is 35.6 Å². The monoisotopic (exact) mass is 475 g/mol. The van der Waals surface area contributed by atoms with Gasteiger partial charge in [0.05, 0.1) is 26.1 Å². The van der Waals surface area contributed by atoms with Gasteiger partial charge in [-0.25, -0.2) is 19.2 Å². The van der Waals surface area contributed by atoms with Gasteiger partial charge in [0.1, 0.15) is 24.6 Å². The number of halogens is 1. The molecule has 0 radical (unpaired) electrons. The minimum absolute atomic E-state index is 0.0333. The van der Waals surface area contributed by atoms with Crippen LogP contribution in [0.4, 0.5) is 9.18 Å². The first-order valence-electron chi connectivity index (χ1n) is 10.6. The second-order valence-electron chi connectivity index (χ2n) is 7.88. The number of nitrogens with one attached hydrogen (secondary N) is 1. The summed E-state index contributed by atoms with van der Waals surface area (Å²) in [5.74, 6) is -0.328. The number of fused-ring (bicyclic) bond motifs is 1. The number of rotatable bonds is 8. The van der Waals surface area contributed by atoms with Gasteiger partial charge in [-0.15, -0.1) is 6.42 Å². The number of nitrogens with zero attached hydrogens (tertiary/aromatic N) is 4. The lowest BCUT2D eigenvalue weighted by atomic mass is 10.0. The summed E-state index contributed by atoms with van der Waals surface area (Å²) in [4.78, 5) is 53.0. The molecule has 2 heterocycles. The van der Waals surface area contributed by atoms with Gasteiger partial charge in [0.15, 0.2) is 0 Å². The third-order valence-corrected chi connectivity index (χ3v) is 5.56. The lowest BCUT2D eigenvalue weighted by molar-refractivity contribution is -0.188. The van der Waals surface area contributed by atoms with Crippen LogP contribution in [-0.4, -0.2) is 101 Å². The average Bonchev–Trinajstić information content (AvgIpc) is 2.78. The molecule has 1 unspecified atom stereocenters. The van der Waals surface area contributed by atoms with Crippen molar-refractivity contribution in [1.82, 2.24) is 25.1 Å². The highest BCUT2D eigenvalue weighted by atomic mass is 19.1. The van der Waals surface area contributed by atoms with Crippen LogP contribution in [0.3, 0.4) is 0 Å². The van der Waals surface area contributed by atoms with E-state index in [4.69, 9.17) is 11.2 Å². The molecule has 2 atom stereocenters. The third-order valence-electron chi connectivity index (χ3n) is 5.56. The summed E-state index contributed by atoms with van der Waals surface area (Å²) in [6.07, 6.45) is 3.64. The molecule has 0 spiro atoms. The number of likely N-dealkylation sites (N-methyl/N-ethyl adjacent to an activating group) is 1. The van der Waals surface area contributed by atoms with Gasteiger partial charge < -0.3 is 25.0 Å². The molecule has 1 aromatic rings. The Morgan fingerprint density at radius 3 is 2.65 bits per heavy atom. The maximum atomic E-state index is 13.1. The number of aliphatic carboxylic acids is 1. The largest absolute Gasteiger partial charge is 0.481 e. The minimum atomic E-state index is -1.27. The van der Waals surface area contributed by atoms with Crippen LogP contribution in [0.5, 0.6) is 0 Å². The minimum Gasteiger partial charge on any atom is -0.481 e. The maximum absolute atomic E-state index is 13.1. The smallest absolute Gasteiger partial charge is 0.334 e. The van der Waals surface area contributed by atoms with E-state index >= 15 is 0 Å². The predicted molar refractivity (Wildman–Crippen MR) is 116 cm³/mol. The van der Waals surface area contributed by atoms with Gasteiger partial charge in [-0.1, -0.05) is 18.1 Å². The van der Waals surface area contributed by atoms with Crippen molar-refractivity contribution in [3.8, 4) is 12.3 Å². The van der Waals surface area contributed by atoms with Crippen molar-refractivity contribution in [2.24, 2.45) is 0 Å². The zero-order chi connectivity index (χ0) is 24.8. The second kappa shape index (κ2) is 11.0. The zero-order valence-electron chi connectivity index (χ0n) is 18.6. The lowest BCUT2D eigenvalue weighted by Crippen LogP contribution is -2.76. The number of carboxylic acid groups (broad SMARTS) is 1. The fourth-order valence-corrected chi connectivity index (χ4v) is 4.04. The molecule has 11 nitrogen and oxygen atoms in total. The number of piperazine rings is 1. The highest BCUT2D eigenvalue weighted by molar-refractivity contribution is 5.93. The number of hydrogen-bond donors (Lipinski definition) is 2. The molecule has 34 heavy (non-hydrogen) atoms. The normalized spacial score (nSPS) is 20.7. The van der Waals surface area contributed by atoms with Crippen LogP contribution >= 0.6 is 0 Å². The number of ether oxygens (including phenoxy) is 1. The molecule has 2 aliphatic heterocycles. The standard InChI is InChI=1S/C22H26FN5O6/c1-3-9-34-10-8-26-13-18-27(17(21(26)32)11-20(30)31)19(29)14-25(2)28(18)22(33)24-12-15-4-6-16(23)7-5-15/h1,4-7,17-18H,8-14H2,2H3,(H,24,33)(H,30,31)/t17?,18-/m0/s1. The van der Waals surface area contributed by atoms with E-state index in [1.54, 1.807) is 7.05 Å². The van der Waals surface area contributed by atoms with Crippen LogP contribution in [0, 0.1) is 18.2 Å². The number of urea groups is 1. The number of benzene rings is 1. The molecule has 12 heteroatoms. The van der Waals surface area contributed by atoms with Crippen LogP contribution in [0.1, 0.15) is 12.0 Å². The van der Waals surface area contributed by atoms with E-state index in [0.717, 1.165) is 0 Å². The van der Waals surface area contributed by atoms with E-state index < -0.39 is 48.3 Å². The van der Waals surface area contributed by atoms with Crippen molar-refractivity contribution >= 4 is 23.8 Å². The number of hydrazine groups is 1. The number of terminal acetylenes is 1. The molecule has 2 fully saturated rings. The van der Waals surface area contributed by atoms with E-state index in [0.29, 0.717) is 5.56 Å². The maximum Gasteiger partial charge on any atom is 0.334 e. The quantitative estimate of drug-likeness (QED) is 0.391. The molecule has 2 N–H and O–H groups in total. The van der Waals surface area contributed by atoms with Gasteiger partial charge in [-0.05, 0) is 17.7 Å². The van der Waals surface area contributed by atoms with Crippen molar-refractivity contribution < 1.29 is 33.4 Å². The topological polar surface area (TPSA) is 123 Å². The number of carboxylic acids is 1. The summed E-state index contributed by atoms with van der Waals surface area (Å²) in [5, 5.41) is 14.8. The second-order valence-corrected chi connectivity index (χ2v) is 7.88. The lowest BCUT2D eigenvalue weighted by Gasteiger charge is -2.54. The molecule has 4 amide bonds. The van der Waals surface area contributed by atoms with Crippen molar-refractivity contribution in [3.63, 3.8) is 0 Å². The Labute approximate surface area is 196 Å². The molecule has 0 saturated carbocycles. The molecule has 1 aromatic carbocycles. The zero-order valence-corrected chi connectivity index (χ0v) is 18.6. The molecule has 182 valence electrons. The Balaban J connectivity index is 1.82. The van der Waals surface area contributed by atoms with Gasteiger partial charge in [-0.3, -0.25) is 14.4 Å². The van der Waals surface area contributed by atoms with Crippen LogP contribution in [0.2, 0.25) is 0 Å². The summed E-state index contributed by atoms with van der Waals surface area (Å²) in [6.45, 7) is 0.136. The first-order chi connectivity index (χ1) is 16.2. The van der Waals surface area contributed by atoms with Crippen LogP contribution in [-0.2, 0) is 25.7 Å². The van der Waals surface area contributed by atoms with E-state index in [1.807, 2.05) is 0 Å². The van der Waals surface area contributed by atoms with Crippen LogP contribution in [0.25, 0.3) is 0 Å². The van der Waals surface area contributed by atoms with Crippen LogP contribution < -0.4 is 5.32 Å². The van der Waals surface area contributed by atoms with E-state index in [-0.39, 0.29) is 39.4 Å². The number of hydrogen-bond acceptors (Lipinski definition) is 6. The molecule has 2 aliphatic rings. The highest BCUT2D eigenvalue weighted by Crippen LogP contribution is 2.27. The molecule has 2 saturated heterocycles. The average molecular weight is 475 g/mol. The summed E-state index contributed by atoms with van der Waals surface area (Å²) >= 11 is 0. The summed E-state index contributed by atoms with van der Waals surface area (Å²) in [6, 6.07) is 3.80. The Kier molecular flexibility index (Phi) is 8.04. The Bertz CT molecular complexity index is 981. The number of carbonyl (C=O) groups excluding carboxylic acids is 3. The molecule has 0 bridgehead atoms. The van der Waals surface area contributed by atoms with Crippen molar-refractivity contribution in [2.75, 3.05) is 39.9 Å². The molecule has 0 aromatic heterocycles. The van der Waals surface area contributed by atoms with Crippen molar-refractivity contribution in [1.29, 1.82) is 0 Å². The predicted octanol–water partition coefficient (Wildman–Crippen LogP) is -0.312. The molecule has 3 rings (SSSR count). The number of carbonyl (C=O) groups is 4. The highest BCUT2D eigenvalue weighted by Gasteiger charge is 2.51.